The standard InChI is InChI=1S/C27H26FN3O5/c1-26(2,3)21-23-31-20(24(33)34-4)22(36-23)27-15-12-14(28)7-8-17(15)29-25(27)35-18-9-5-13(11-16(18)27)6-10-19(32)30-21/h5,7-9,11-12,21,25,29H,6,10H2,1-4H3,(H,30,32)/t21-,25-,27+/m1/s1. The molecule has 186 valence electrons. The molecule has 6 rings (SSSR count). The number of oxazole rings is 1. The number of nitrogens with zero attached hydrogens (tertiary/aromatic N) is 1. The smallest absolute Gasteiger partial charge is 0.360 e. The van der Waals surface area contributed by atoms with Crippen molar-refractivity contribution in [2.45, 2.75) is 51.3 Å². The summed E-state index contributed by atoms with van der Waals surface area (Å²) in [6.45, 7) is 5.86. The molecule has 36 heavy (non-hydrogen) atoms. The third kappa shape index (κ3) is 3.08. The predicted octanol–water partition coefficient (Wildman–Crippen LogP) is 4.23. The van der Waals surface area contributed by atoms with Crippen molar-refractivity contribution >= 4 is 17.6 Å². The van der Waals surface area contributed by atoms with Gasteiger partial charge in [0.15, 0.2) is 17.7 Å². The van der Waals surface area contributed by atoms with Crippen molar-refractivity contribution in [2.24, 2.45) is 5.41 Å². The lowest BCUT2D eigenvalue weighted by atomic mass is 9.72. The Hall–Kier alpha value is -3.88. The largest absolute Gasteiger partial charge is 0.469 e. The molecule has 0 aliphatic carbocycles. The lowest BCUT2D eigenvalue weighted by Crippen LogP contribution is -2.41. The van der Waals surface area contributed by atoms with Gasteiger partial charge in [0.25, 0.3) is 0 Å². The Labute approximate surface area is 207 Å². The third-order valence-corrected chi connectivity index (χ3v) is 7.24. The molecule has 0 radical (unpaired) electrons. The molecule has 4 heterocycles. The minimum atomic E-state index is -1.21. The number of rotatable bonds is 1. The van der Waals surface area contributed by atoms with E-state index < -0.39 is 34.9 Å². The maximum atomic E-state index is 14.7. The molecular formula is C27H26FN3O5. The fraction of sp³-hybridized carbons (Fsp3) is 0.370. The molecule has 0 fully saturated rings. The molecule has 2 aromatic carbocycles. The van der Waals surface area contributed by atoms with Crippen LogP contribution in [0.15, 0.2) is 40.8 Å². The van der Waals surface area contributed by atoms with Gasteiger partial charge < -0.3 is 24.5 Å². The molecule has 0 saturated carbocycles. The lowest BCUT2D eigenvalue weighted by molar-refractivity contribution is -0.122. The second kappa shape index (κ2) is 7.56. The first-order valence-corrected chi connectivity index (χ1v) is 11.9. The van der Waals surface area contributed by atoms with Crippen molar-refractivity contribution in [2.75, 3.05) is 12.4 Å². The highest BCUT2D eigenvalue weighted by molar-refractivity contribution is 5.90. The van der Waals surface area contributed by atoms with Crippen LogP contribution in [0.5, 0.6) is 5.75 Å². The van der Waals surface area contributed by atoms with E-state index in [1.54, 1.807) is 6.07 Å². The highest BCUT2D eigenvalue weighted by atomic mass is 19.1. The number of fused-ring (bicyclic) bond motifs is 4. The average Bonchev–Trinajstić information content (AvgIpc) is 3.48. The van der Waals surface area contributed by atoms with Crippen LogP contribution in [-0.4, -0.2) is 30.2 Å². The number of esters is 1. The third-order valence-electron chi connectivity index (χ3n) is 7.24. The second-order valence-electron chi connectivity index (χ2n) is 10.6. The minimum Gasteiger partial charge on any atom is -0.469 e. The number of carbonyl (C=O) groups is 2. The monoisotopic (exact) mass is 491 g/mol. The normalized spacial score (nSPS) is 23.9. The maximum absolute atomic E-state index is 14.7. The molecule has 3 atom stereocenters. The molecule has 0 unspecified atom stereocenters. The van der Waals surface area contributed by atoms with Gasteiger partial charge in [0, 0.05) is 23.2 Å². The van der Waals surface area contributed by atoms with Gasteiger partial charge in [0.05, 0.1) is 7.11 Å². The first-order chi connectivity index (χ1) is 17.1. The number of nitrogens with one attached hydrogen (secondary N) is 2. The Morgan fingerprint density at radius 2 is 1.94 bits per heavy atom. The molecule has 3 aliphatic heterocycles. The van der Waals surface area contributed by atoms with Gasteiger partial charge >= 0.3 is 5.97 Å². The molecule has 0 saturated heterocycles. The molecule has 2 N–H and O–H groups in total. The summed E-state index contributed by atoms with van der Waals surface area (Å²) in [6, 6.07) is 9.51. The average molecular weight is 492 g/mol. The Balaban J connectivity index is 1.73. The molecule has 1 spiro atoms. The zero-order valence-corrected chi connectivity index (χ0v) is 20.4. The molecular weight excluding hydrogens is 465 g/mol. The summed E-state index contributed by atoms with van der Waals surface area (Å²) in [5.74, 6) is -0.347. The van der Waals surface area contributed by atoms with Crippen LogP contribution in [0.1, 0.15) is 72.1 Å². The molecule has 8 nitrogen and oxygen atoms in total. The van der Waals surface area contributed by atoms with E-state index in [2.05, 4.69) is 15.6 Å². The number of methoxy groups -OCH3 is 1. The van der Waals surface area contributed by atoms with E-state index in [4.69, 9.17) is 13.9 Å². The number of amides is 1. The van der Waals surface area contributed by atoms with Crippen molar-refractivity contribution in [3.63, 3.8) is 0 Å². The number of halogens is 1. The van der Waals surface area contributed by atoms with Crippen LogP contribution < -0.4 is 15.4 Å². The first kappa shape index (κ1) is 22.6. The van der Waals surface area contributed by atoms with Crippen LogP contribution >= 0.6 is 0 Å². The van der Waals surface area contributed by atoms with Crippen LogP contribution in [0.25, 0.3) is 0 Å². The molecule has 1 amide bonds. The molecule has 9 heteroatoms. The summed E-state index contributed by atoms with van der Waals surface area (Å²) in [5, 5.41) is 6.38. The van der Waals surface area contributed by atoms with E-state index >= 15 is 0 Å². The van der Waals surface area contributed by atoms with E-state index in [1.807, 2.05) is 39.0 Å². The predicted molar refractivity (Wildman–Crippen MR) is 127 cm³/mol. The van der Waals surface area contributed by atoms with Gasteiger partial charge in [-0.3, -0.25) is 4.79 Å². The van der Waals surface area contributed by atoms with E-state index in [0.717, 1.165) is 5.56 Å². The number of ether oxygens (including phenoxy) is 2. The summed E-state index contributed by atoms with van der Waals surface area (Å²) in [4.78, 5) is 30.6. The lowest BCUT2D eigenvalue weighted by Gasteiger charge is -2.30. The number of hydrogen-bond donors (Lipinski definition) is 2. The van der Waals surface area contributed by atoms with Crippen LogP contribution in [0, 0.1) is 11.2 Å². The number of hydrogen-bond acceptors (Lipinski definition) is 7. The molecule has 1 aromatic heterocycles. The highest BCUT2D eigenvalue weighted by Crippen LogP contribution is 2.58. The fourth-order valence-electron chi connectivity index (χ4n) is 5.50. The van der Waals surface area contributed by atoms with Crippen molar-refractivity contribution in [3.8, 4) is 5.75 Å². The quantitative estimate of drug-likeness (QED) is 0.491. The van der Waals surface area contributed by atoms with Crippen molar-refractivity contribution in [1.82, 2.24) is 10.3 Å². The Morgan fingerprint density at radius 1 is 1.14 bits per heavy atom. The Morgan fingerprint density at radius 3 is 2.69 bits per heavy atom. The Bertz CT molecular complexity index is 1430. The topological polar surface area (TPSA) is 103 Å². The fourth-order valence-corrected chi connectivity index (χ4v) is 5.50. The van der Waals surface area contributed by atoms with Gasteiger partial charge in [0.2, 0.25) is 11.8 Å². The van der Waals surface area contributed by atoms with Gasteiger partial charge in [-0.05, 0) is 41.7 Å². The van der Waals surface area contributed by atoms with E-state index in [9.17, 15) is 14.0 Å². The van der Waals surface area contributed by atoms with E-state index in [1.165, 1.54) is 19.2 Å². The number of benzene rings is 2. The van der Waals surface area contributed by atoms with E-state index in [-0.39, 0.29) is 29.7 Å². The molecule has 3 aliphatic rings. The molecule has 4 bridgehead atoms. The number of aromatic nitrogens is 1. The zero-order valence-electron chi connectivity index (χ0n) is 20.4. The summed E-state index contributed by atoms with van der Waals surface area (Å²) in [6.07, 6.45) is 0.0364. The van der Waals surface area contributed by atoms with Gasteiger partial charge in [-0.1, -0.05) is 32.9 Å². The van der Waals surface area contributed by atoms with Gasteiger partial charge in [-0.25, -0.2) is 14.2 Å². The number of aryl methyl sites for hydroxylation is 1. The first-order valence-electron chi connectivity index (χ1n) is 11.9. The van der Waals surface area contributed by atoms with Crippen LogP contribution in [0.4, 0.5) is 10.1 Å². The van der Waals surface area contributed by atoms with Crippen molar-refractivity contribution in [1.29, 1.82) is 0 Å². The van der Waals surface area contributed by atoms with Crippen molar-refractivity contribution < 1.29 is 27.9 Å². The van der Waals surface area contributed by atoms with Gasteiger partial charge in [-0.15, -0.1) is 0 Å². The second-order valence-corrected chi connectivity index (χ2v) is 10.6. The zero-order chi connectivity index (χ0) is 25.4. The summed E-state index contributed by atoms with van der Waals surface area (Å²) < 4.78 is 32.6. The number of carbonyl (C=O) groups excluding carboxylic acids is 2. The van der Waals surface area contributed by atoms with Crippen LogP contribution in [-0.2, 0) is 21.4 Å². The molecule has 3 aromatic rings. The summed E-state index contributed by atoms with van der Waals surface area (Å²) >= 11 is 0. The maximum Gasteiger partial charge on any atom is 0.360 e. The summed E-state index contributed by atoms with van der Waals surface area (Å²) in [5.41, 5.74) is 1.12. The van der Waals surface area contributed by atoms with Crippen LogP contribution in [0.2, 0.25) is 0 Å². The minimum absolute atomic E-state index is 0.0407. The van der Waals surface area contributed by atoms with Crippen LogP contribution in [0.3, 0.4) is 0 Å². The van der Waals surface area contributed by atoms with Gasteiger partial charge in [0.1, 0.15) is 23.0 Å². The Kier molecular flexibility index (Phi) is 4.74. The SMILES string of the molecule is COC(=O)c1nc2oc1[C@@]13c4cc(F)ccc4N[C@@H]1Oc1ccc(cc13)CCC(=O)N[C@H]2C(C)(C)C. The van der Waals surface area contributed by atoms with Crippen molar-refractivity contribution in [3.05, 3.63) is 76.3 Å². The van der Waals surface area contributed by atoms with Gasteiger partial charge in [-0.2, -0.15) is 0 Å². The highest BCUT2D eigenvalue weighted by Gasteiger charge is 2.61. The summed E-state index contributed by atoms with van der Waals surface area (Å²) in [7, 11) is 1.27. The number of anilines is 1. The van der Waals surface area contributed by atoms with E-state index in [0.29, 0.717) is 29.0 Å².